The predicted octanol–water partition coefficient (Wildman–Crippen LogP) is 1.95. The van der Waals surface area contributed by atoms with E-state index in [4.69, 9.17) is 5.11 Å². The number of carboxylic acid groups (broad SMARTS) is 1. The fourth-order valence-corrected chi connectivity index (χ4v) is 2.78. The third-order valence-corrected chi connectivity index (χ3v) is 4.00. The second-order valence-corrected chi connectivity index (χ2v) is 5.55. The van der Waals surface area contributed by atoms with Crippen molar-refractivity contribution < 1.29 is 19.1 Å². The zero-order valence-electron chi connectivity index (χ0n) is 12.4. The van der Waals surface area contributed by atoms with Crippen molar-refractivity contribution in [3.63, 3.8) is 0 Å². The standard InChI is InChI=1S/C16H16FN3O3/c17-13-9-11(4-5-14(13)20-8-2-6-18-20)15(21)19-7-1-3-12(10-19)16(22)23/h2,4-6,8-9,12H,1,3,7,10H2,(H,22,23). The lowest BCUT2D eigenvalue weighted by atomic mass is 9.97. The number of aromatic nitrogens is 2. The maximum absolute atomic E-state index is 14.2. The van der Waals surface area contributed by atoms with E-state index in [2.05, 4.69) is 5.10 Å². The van der Waals surface area contributed by atoms with Crippen LogP contribution in [0.2, 0.25) is 0 Å². The van der Waals surface area contributed by atoms with Crippen LogP contribution in [0.4, 0.5) is 4.39 Å². The minimum Gasteiger partial charge on any atom is -0.481 e. The highest BCUT2D eigenvalue weighted by atomic mass is 19.1. The van der Waals surface area contributed by atoms with Crippen LogP contribution in [0.15, 0.2) is 36.7 Å². The number of carboxylic acids is 1. The molecule has 6 nitrogen and oxygen atoms in total. The van der Waals surface area contributed by atoms with E-state index in [9.17, 15) is 14.0 Å². The number of hydrogen-bond acceptors (Lipinski definition) is 3. The molecule has 1 aliphatic rings. The number of nitrogens with zero attached hydrogens (tertiary/aromatic N) is 3. The van der Waals surface area contributed by atoms with E-state index >= 15 is 0 Å². The quantitative estimate of drug-likeness (QED) is 0.939. The molecule has 2 aromatic rings. The van der Waals surface area contributed by atoms with Crippen molar-refractivity contribution in [1.82, 2.24) is 14.7 Å². The summed E-state index contributed by atoms with van der Waals surface area (Å²) >= 11 is 0. The highest BCUT2D eigenvalue weighted by Crippen LogP contribution is 2.21. The SMILES string of the molecule is O=C(O)C1CCCN(C(=O)c2ccc(-n3cccn3)c(F)c2)C1. The first-order valence-corrected chi connectivity index (χ1v) is 7.38. The van der Waals surface area contributed by atoms with Gasteiger partial charge in [0.1, 0.15) is 11.5 Å². The number of hydrogen-bond donors (Lipinski definition) is 1. The monoisotopic (exact) mass is 317 g/mol. The maximum atomic E-state index is 14.2. The molecule has 1 amide bonds. The van der Waals surface area contributed by atoms with Crippen molar-refractivity contribution >= 4 is 11.9 Å². The average molecular weight is 317 g/mol. The molecular weight excluding hydrogens is 301 g/mol. The summed E-state index contributed by atoms with van der Waals surface area (Å²) in [5.74, 6) is -2.35. The van der Waals surface area contributed by atoms with Crippen LogP contribution in [0, 0.1) is 11.7 Å². The van der Waals surface area contributed by atoms with Gasteiger partial charge in [0.15, 0.2) is 0 Å². The number of carbonyl (C=O) groups excluding carboxylic acids is 1. The van der Waals surface area contributed by atoms with E-state index in [0.29, 0.717) is 19.4 Å². The Bertz CT molecular complexity index is 730. The lowest BCUT2D eigenvalue weighted by Crippen LogP contribution is -2.42. The van der Waals surface area contributed by atoms with Crippen LogP contribution in [0.25, 0.3) is 5.69 Å². The molecule has 1 unspecified atom stereocenters. The number of aliphatic carboxylic acids is 1. The lowest BCUT2D eigenvalue weighted by Gasteiger charge is -2.30. The Morgan fingerprint density at radius 2 is 2.17 bits per heavy atom. The van der Waals surface area contributed by atoms with E-state index < -0.39 is 17.7 Å². The molecule has 1 N–H and O–H groups in total. The summed E-state index contributed by atoms with van der Waals surface area (Å²) in [6.45, 7) is 0.655. The van der Waals surface area contributed by atoms with Gasteiger partial charge >= 0.3 is 5.97 Å². The van der Waals surface area contributed by atoms with Crippen LogP contribution < -0.4 is 0 Å². The highest BCUT2D eigenvalue weighted by Gasteiger charge is 2.28. The van der Waals surface area contributed by atoms with Crippen LogP contribution in [-0.4, -0.2) is 44.8 Å². The molecule has 7 heteroatoms. The Morgan fingerprint density at radius 1 is 1.35 bits per heavy atom. The molecule has 0 saturated carbocycles. The second kappa shape index (κ2) is 6.20. The molecule has 1 atom stereocenters. The van der Waals surface area contributed by atoms with Crippen LogP contribution >= 0.6 is 0 Å². The first-order chi connectivity index (χ1) is 11.1. The molecule has 1 saturated heterocycles. The molecule has 2 heterocycles. The van der Waals surface area contributed by atoms with Gasteiger partial charge in [0.25, 0.3) is 5.91 Å². The van der Waals surface area contributed by atoms with E-state index in [1.165, 1.54) is 34.0 Å². The number of carbonyl (C=O) groups is 2. The Balaban J connectivity index is 1.80. The Labute approximate surface area is 132 Å². The zero-order chi connectivity index (χ0) is 16.4. The van der Waals surface area contributed by atoms with Crippen molar-refractivity contribution in [3.05, 3.63) is 48.0 Å². The van der Waals surface area contributed by atoms with Gasteiger partial charge < -0.3 is 10.0 Å². The van der Waals surface area contributed by atoms with Gasteiger partial charge in [-0.15, -0.1) is 0 Å². The number of piperidine rings is 1. The van der Waals surface area contributed by atoms with E-state index in [-0.39, 0.29) is 23.7 Å². The molecule has 1 fully saturated rings. The third-order valence-electron chi connectivity index (χ3n) is 4.00. The van der Waals surface area contributed by atoms with Gasteiger partial charge in [-0.2, -0.15) is 5.10 Å². The molecule has 1 aliphatic heterocycles. The van der Waals surface area contributed by atoms with E-state index in [1.54, 1.807) is 12.3 Å². The van der Waals surface area contributed by atoms with Crippen LogP contribution in [0.5, 0.6) is 0 Å². The summed E-state index contributed by atoms with van der Waals surface area (Å²) in [7, 11) is 0. The minimum absolute atomic E-state index is 0.163. The molecule has 120 valence electrons. The number of benzene rings is 1. The number of likely N-dealkylation sites (tertiary alicyclic amines) is 1. The van der Waals surface area contributed by atoms with Gasteiger partial charge in [0.05, 0.1) is 5.92 Å². The molecule has 0 aliphatic carbocycles. The van der Waals surface area contributed by atoms with Crippen molar-refractivity contribution in [2.45, 2.75) is 12.8 Å². The topological polar surface area (TPSA) is 75.4 Å². The summed E-state index contributed by atoms with van der Waals surface area (Å²) in [6, 6.07) is 5.88. The number of halogens is 1. The Kier molecular flexibility index (Phi) is 4.10. The molecule has 23 heavy (non-hydrogen) atoms. The first kappa shape index (κ1) is 15.2. The van der Waals surface area contributed by atoms with Crippen LogP contribution in [-0.2, 0) is 4.79 Å². The van der Waals surface area contributed by atoms with Gasteiger partial charge in [-0.1, -0.05) is 0 Å². The third kappa shape index (κ3) is 3.08. The summed E-state index contributed by atoms with van der Waals surface area (Å²) in [4.78, 5) is 25.0. The van der Waals surface area contributed by atoms with Crippen molar-refractivity contribution in [3.8, 4) is 5.69 Å². The fourth-order valence-electron chi connectivity index (χ4n) is 2.78. The predicted molar refractivity (Wildman–Crippen MR) is 79.8 cm³/mol. The summed E-state index contributed by atoms with van der Waals surface area (Å²) in [6.07, 6.45) is 4.35. The molecular formula is C16H16FN3O3. The average Bonchev–Trinajstić information content (AvgIpc) is 3.08. The second-order valence-electron chi connectivity index (χ2n) is 5.55. The first-order valence-electron chi connectivity index (χ1n) is 7.38. The molecule has 0 radical (unpaired) electrons. The van der Waals surface area contributed by atoms with Gasteiger partial charge in [-0.25, -0.2) is 9.07 Å². The Hall–Kier alpha value is -2.70. The highest BCUT2D eigenvalue weighted by molar-refractivity contribution is 5.94. The number of amides is 1. The van der Waals surface area contributed by atoms with Crippen molar-refractivity contribution in [2.24, 2.45) is 5.92 Å². The molecule has 1 aromatic heterocycles. The smallest absolute Gasteiger partial charge is 0.308 e. The molecule has 1 aromatic carbocycles. The summed E-state index contributed by atoms with van der Waals surface area (Å²) < 4.78 is 15.6. The van der Waals surface area contributed by atoms with Crippen molar-refractivity contribution in [2.75, 3.05) is 13.1 Å². The van der Waals surface area contributed by atoms with Gasteiger partial charge in [0.2, 0.25) is 0 Å². The van der Waals surface area contributed by atoms with Gasteiger partial charge in [0, 0.05) is 31.0 Å². The van der Waals surface area contributed by atoms with E-state index in [0.717, 1.165) is 0 Å². The largest absolute Gasteiger partial charge is 0.481 e. The molecule has 0 bridgehead atoms. The fraction of sp³-hybridized carbons (Fsp3) is 0.312. The molecule has 0 spiro atoms. The maximum Gasteiger partial charge on any atom is 0.308 e. The lowest BCUT2D eigenvalue weighted by molar-refractivity contribution is -0.143. The minimum atomic E-state index is -0.900. The van der Waals surface area contributed by atoms with Crippen LogP contribution in [0.1, 0.15) is 23.2 Å². The zero-order valence-corrected chi connectivity index (χ0v) is 12.4. The summed E-state index contributed by atoms with van der Waals surface area (Å²) in [5, 5.41) is 13.0. The number of rotatable bonds is 3. The van der Waals surface area contributed by atoms with Crippen molar-refractivity contribution in [1.29, 1.82) is 0 Å². The summed E-state index contributed by atoms with van der Waals surface area (Å²) in [5.41, 5.74) is 0.470. The molecule has 3 rings (SSSR count). The van der Waals surface area contributed by atoms with Gasteiger partial charge in [-0.3, -0.25) is 9.59 Å². The van der Waals surface area contributed by atoms with Crippen LogP contribution in [0.3, 0.4) is 0 Å². The normalized spacial score (nSPS) is 18.0. The van der Waals surface area contributed by atoms with E-state index in [1.807, 2.05) is 0 Å². The Morgan fingerprint density at radius 3 is 2.83 bits per heavy atom. The van der Waals surface area contributed by atoms with Gasteiger partial charge in [-0.05, 0) is 37.1 Å².